The zero-order chi connectivity index (χ0) is 27.8. The van der Waals surface area contributed by atoms with Crippen LogP contribution in [0.1, 0.15) is 57.8 Å². The summed E-state index contributed by atoms with van der Waals surface area (Å²) in [5.41, 5.74) is 0. The Morgan fingerprint density at radius 2 is 1.82 bits per heavy atom. The number of hydrogen-bond donors (Lipinski definition) is 3. The first-order chi connectivity index (χ1) is 17.8. The Bertz CT molecular complexity index is 1010. The van der Waals surface area contributed by atoms with Gasteiger partial charge in [-0.3, -0.25) is 19.2 Å². The summed E-state index contributed by atoms with van der Waals surface area (Å²) in [5.74, 6) is -10.2. The van der Waals surface area contributed by atoms with Crippen molar-refractivity contribution in [3.8, 4) is 6.07 Å². The molecule has 5 rings (SSSR count). The Labute approximate surface area is 215 Å². The largest absolute Gasteiger partial charge is 0.471 e. The number of nitriles is 1. The molecule has 6 atom stereocenters. The maximum Gasteiger partial charge on any atom is 0.471 e. The van der Waals surface area contributed by atoms with Crippen molar-refractivity contribution < 1.29 is 41.1 Å². The number of carbonyl (C=O) groups excluding carboxylic acids is 4. The highest BCUT2D eigenvalue weighted by Crippen LogP contribution is 2.49. The zero-order valence-electron chi connectivity index (χ0n) is 20.5. The lowest BCUT2D eigenvalue weighted by molar-refractivity contribution is -0.196. The number of fused-ring (bicyclic) bond motifs is 3. The van der Waals surface area contributed by atoms with Crippen molar-refractivity contribution in [3.05, 3.63) is 0 Å². The van der Waals surface area contributed by atoms with Crippen LogP contribution in [0.4, 0.5) is 22.0 Å². The van der Waals surface area contributed by atoms with Crippen LogP contribution in [0.15, 0.2) is 0 Å². The van der Waals surface area contributed by atoms with E-state index in [-0.39, 0.29) is 37.5 Å². The molecule has 0 aromatic carbocycles. The van der Waals surface area contributed by atoms with Gasteiger partial charge in [0.1, 0.15) is 18.1 Å². The summed E-state index contributed by atoms with van der Waals surface area (Å²) in [7, 11) is 0. The van der Waals surface area contributed by atoms with Gasteiger partial charge >= 0.3 is 12.1 Å². The fourth-order valence-electron chi connectivity index (χ4n) is 5.90. The number of halogens is 5. The third kappa shape index (κ3) is 6.02. The number of nitrogens with zero attached hydrogens (tertiary/aromatic N) is 2. The molecule has 0 aromatic rings. The molecule has 3 N–H and O–H groups in total. The molecule has 2 saturated carbocycles. The van der Waals surface area contributed by atoms with Crippen LogP contribution in [-0.4, -0.2) is 71.3 Å². The molecule has 5 fully saturated rings. The normalized spacial score (nSPS) is 30.0. The van der Waals surface area contributed by atoms with Gasteiger partial charge in [0, 0.05) is 24.9 Å². The maximum atomic E-state index is 14.9. The minimum Gasteiger partial charge on any atom is -0.356 e. The summed E-state index contributed by atoms with van der Waals surface area (Å²) < 4.78 is 68.8. The molecule has 3 heterocycles. The molecule has 0 radical (unpaired) electrons. The number of nitrogens with one attached hydrogen (secondary N) is 3. The Morgan fingerprint density at radius 1 is 1.11 bits per heavy atom. The monoisotopic (exact) mass is 547 g/mol. The first-order valence-corrected chi connectivity index (χ1v) is 12.9. The number of alkyl halides is 5. The van der Waals surface area contributed by atoms with Gasteiger partial charge in [0.15, 0.2) is 0 Å². The molecule has 14 heteroatoms. The molecule has 2 aliphatic carbocycles. The molecule has 210 valence electrons. The highest BCUT2D eigenvalue weighted by atomic mass is 19.4. The second kappa shape index (κ2) is 10.6. The Morgan fingerprint density at radius 3 is 2.39 bits per heavy atom. The van der Waals surface area contributed by atoms with Gasteiger partial charge < -0.3 is 20.9 Å². The van der Waals surface area contributed by atoms with Crippen molar-refractivity contribution in [3.63, 3.8) is 0 Å². The molecule has 38 heavy (non-hydrogen) atoms. The fraction of sp³-hybridized carbons (Fsp3) is 0.792. The molecule has 5 aliphatic rings. The third-order valence-electron chi connectivity index (χ3n) is 7.98. The molecule has 3 saturated heterocycles. The number of carbonyl (C=O) groups is 4. The van der Waals surface area contributed by atoms with Gasteiger partial charge in [0.25, 0.3) is 5.92 Å². The molecule has 9 nitrogen and oxygen atoms in total. The van der Waals surface area contributed by atoms with Gasteiger partial charge in [0.2, 0.25) is 17.7 Å². The minimum absolute atomic E-state index is 0.0504. The summed E-state index contributed by atoms with van der Waals surface area (Å²) in [6.07, 6.45) is -3.65. The van der Waals surface area contributed by atoms with Crippen LogP contribution >= 0.6 is 0 Å². The SMILES string of the molecule is N#C[C@@H](C[C@H]1CCCNC1=O)NC(=O)[C@@H]1[C@@H]2CC[C@@H](CC2(F)F)N1C(=O)[C@H](CC1CC1)NC(=O)C(F)(F)F. The van der Waals surface area contributed by atoms with E-state index in [9.17, 15) is 46.4 Å². The van der Waals surface area contributed by atoms with Crippen molar-refractivity contribution in [1.82, 2.24) is 20.9 Å². The van der Waals surface area contributed by atoms with Gasteiger partial charge in [-0.05, 0) is 44.4 Å². The molecule has 0 aromatic heterocycles. The number of hydrogen-bond acceptors (Lipinski definition) is 5. The van der Waals surface area contributed by atoms with E-state index in [0.717, 1.165) is 4.90 Å². The smallest absolute Gasteiger partial charge is 0.356 e. The predicted molar refractivity (Wildman–Crippen MR) is 120 cm³/mol. The maximum absolute atomic E-state index is 14.9. The van der Waals surface area contributed by atoms with Crippen molar-refractivity contribution in [2.75, 3.05) is 6.54 Å². The van der Waals surface area contributed by atoms with Crippen LogP contribution in [-0.2, 0) is 19.2 Å². The lowest BCUT2D eigenvalue weighted by Gasteiger charge is -2.54. The Hall–Kier alpha value is -2.98. The quantitative estimate of drug-likeness (QED) is 0.399. The van der Waals surface area contributed by atoms with Crippen LogP contribution in [0.3, 0.4) is 0 Å². The van der Waals surface area contributed by atoms with E-state index in [1.165, 1.54) is 0 Å². The van der Waals surface area contributed by atoms with E-state index in [2.05, 4.69) is 10.6 Å². The molecule has 3 aliphatic heterocycles. The average molecular weight is 548 g/mol. The first kappa shape index (κ1) is 28.0. The molecular formula is C24H30F5N5O4. The van der Waals surface area contributed by atoms with Crippen molar-refractivity contribution >= 4 is 23.6 Å². The molecule has 2 bridgehead atoms. The number of rotatable bonds is 8. The standard InChI is InChI=1S/C24H30F5N5O4/c25-23(26)10-15-5-6-16(23)18(20(36)32-14(11-30)9-13-2-1-7-31-19(13)35)34(15)21(37)17(8-12-3-4-12)33-22(38)24(27,28)29/h12-18H,1-10H2,(H,31,35)(H,32,36)(H,33,38)/t13-,14-,15+,16+,17+,18+/m1/s1. The topological polar surface area (TPSA) is 131 Å². The van der Waals surface area contributed by atoms with E-state index in [0.29, 0.717) is 32.2 Å². The molecule has 0 unspecified atom stereocenters. The average Bonchev–Trinajstić information content (AvgIpc) is 3.66. The molecular weight excluding hydrogens is 517 g/mol. The van der Waals surface area contributed by atoms with E-state index < -0.39 is 72.2 Å². The van der Waals surface area contributed by atoms with Crippen LogP contribution in [0.2, 0.25) is 0 Å². The van der Waals surface area contributed by atoms with Gasteiger partial charge in [-0.1, -0.05) is 12.8 Å². The third-order valence-corrected chi connectivity index (χ3v) is 7.98. The number of piperidine rings is 3. The second-order valence-electron chi connectivity index (χ2n) is 10.8. The second-order valence-corrected chi connectivity index (χ2v) is 10.8. The minimum atomic E-state index is -5.25. The van der Waals surface area contributed by atoms with Gasteiger partial charge in [-0.15, -0.1) is 0 Å². The fourth-order valence-corrected chi connectivity index (χ4v) is 5.90. The highest BCUT2D eigenvalue weighted by Gasteiger charge is 2.61. The van der Waals surface area contributed by atoms with Crippen LogP contribution in [0.25, 0.3) is 0 Å². The van der Waals surface area contributed by atoms with Crippen molar-refractivity contribution in [1.29, 1.82) is 5.26 Å². The zero-order valence-corrected chi connectivity index (χ0v) is 20.5. The van der Waals surface area contributed by atoms with Crippen LogP contribution < -0.4 is 16.0 Å². The van der Waals surface area contributed by atoms with E-state index in [1.54, 1.807) is 5.32 Å². The van der Waals surface area contributed by atoms with Crippen molar-refractivity contribution in [2.24, 2.45) is 17.8 Å². The van der Waals surface area contributed by atoms with E-state index in [1.807, 2.05) is 6.07 Å². The lowest BCUT2D eigenvalue weighted by Crippen LogP contribution is -2.71. The Kier molecular flexibility index (Phi) is 7.86. The molecule has 0 spiro atoms. The van der Waals surface area contributed by atoms with E-state index >= 15 is 0 Å². The van der Waals surface area contributed by atoms with Crippen LogP contribution in [0, 0.1) is 29.1 Å². The summed E-state index contributed by atoms with van der Waals surface area (Å²) >= 11 is 0. The summed E-state index contributed by atoms with van der Waals surface area (Å²) in [6, 6.07) is -3.81. The van der Waals surface area contributed by atoms with E-state index in [4.69, 9.17) is 0 Å². The highest BCUT2D eigenvalue weighted by molar-refractivity contribution is 5.94. The lowest BCUT2D eigenvalue weighted by atomic mass is 9.71. The first-order valence-electron chi connectivity index (χ1n) is 12.9. The summed E-state index contributed by atoms with van der Waals surface area (Å²) in [5, 5.41) is 16.4. The molecule has 4 amide bonds. The summed E-state index contributed by atoms with van der Waals surface area (Å²) in [6.45, 7) is 0.489. The summed E-state index contributed by atoms with van der Waals surface area (Å²) in [4.78, 5) is 51.6. The Balaban J connectivity index is 1.56. The number of amides is 4. The van der Waals surface area contributed by atoms with Gasteiger partial charge in [-0.25, -0.2) is 8.78 Å². The van der Waals surface area contributed by atoms with Crippen LogP contribution in [0.5, 0.6) is 0 Å². The van der Waals surface area contributed by atoms with Gasteiger partial charge in [-0.2, -0.15) is 18.4 Å². The van der Waals surface area contributed by atoms with Gasteiger partial charge in [0.05, 0.1) is 12.0 Å². The van der Waals surface area contributed by atoms with Crippen molar-refractivity contribution in [2.45, 2.75) is 94.1 Å². The predicted octanol–water partition coefficient (Wildman–Crippen LogP) is 1.77.